The van der Waals surface area contributed by atoms with Gasteiger partial charge >= 0.3 is 0 Å². The number of nitrogens with one attached hydrogen (secondary N) is 1. The summed E-state index contributed by atoms with van der Waals surface area (Å²) in [5, 5.41) is 3.14. The number of hydrogen-bond donors (Lipinski definition) is 1. The number of amides is 2. The highest BCUT2D eigenvalue weighted by atomic mass is 32.2. The third kappa shape index (κ3) is 4.38. The van der Waals surface area contributed by atoms with Crippen LogP contribution in [0.25, 0.3) is 10.2 Å². The molecule has 4 rings (SSSR count). The number of carbonyl (C=O) groups is 2. The number of fused-ring (bicyclic) bond motifs is 2. The summed E-state index contributed by atoms with van der Waals surface area (Å²) in [6.45, 7) is 7.10. The lowest BCUT2D eigenvalue weighted by Crippen LogP contribution is -2.35. The predicted molar refractivity (Wildman–Crippen MR) is 130 cm³/mol. The smallest absolute Gasteiger partial charge is 0.243 e. The van der Waals surface area contributed by atoms with Crippen molar-refractivity contribution in [1.82, 2.24) is 9.29 Å². The van der Waals surface area contributed by atoms with Gasteiger partial charge in [0.25, 0.3) is 0 Å². The Bertz CT molecular complexity index is 1340. The largest absolute Gasteiger partial charge is 0.309 e. The van der Waals surface area contributed by atoms with Gasteiger partial charge in [-0.2, -0.15) is 4.31 Å². The van der Waals surface area contributed by atoms with E-state index in [4.69, 9.17) is 0 Å². The normalized spacial score (nSPS) is 15.8. The first-order chi connectivity index (χ1) is 15.5. The van der Waals surface area contributed by atoms with Crippen LogP contribution in [0.15, 0.2) is 35.2 Å². The van der Waals surface area contributed by atoms with Crippen LogP contribution < -0.4 is 10.2 Å². The summed E-state index contributed by atoms with van der Waals surface area (Å²) in [5.74, 6) is -0.545. The predicted octanol–water partition coefficient (Wildman–Crippen LogP) is 3.47. The number of hydrogen-bond acceptors (Lipinski definition) is 6. The molecule has 1 N–H and O–H groups in total. The molecule has 8 nitrogen and oxygen atoms in total. The highest BCUT2D eigenvalue weighted by Crippen LogP contribution is 2.34. The lowest BCUT2D eigenvalue weighted by molar-refractivity contribution is -0.117. The molecule has 0 spiro atoms. The van der Waals surface area contributed by atoms with Crippen LogP contribution in [-0.4, -0.2) is 49.2 Å². The van der Waals surface area contributed by atoms with Crippen molar-refractivity contribution in [2.24, 2.45) is 0 Å². The molecule has 10 heteroatoms. The molecule has 0 bridgehead atoms. The molecule has 174 valence electrons. The topological polar surface area (TPSA) is 99.7 Å². The van der Waals surface area contributed by atoms with Crippen molar-refractivity contribution in [2.75, 3.05) is 23.8 Å². The van der Waals surface area contributed by atoms with Gasteiger partial charge in [0.2, 0.25) is 21.8 Å². The van der Waals surface area contributed by atoms with Gasteiger partial charge in [0, 0.05) is 25.7 Å². The first-order valence-corrected chi connectivity index (χ1v) is 12.8. The van der Waals surface area contributed by atoms with Crippen molar-refractivity contribution in [3.05, 3.63) is 47.0 Å². The fourth-order valence-corrected chi connectivity index (χ4v) is 6.25. The Balaban J connectivity index is 1.49. The Morgan fingerprint density at radius 3 is 2.61 bits per heavy atom. The molecule has 1 aromatic heterocycles. The number of sulfonamides is 1. The fraction of sp³-hybridized carbons (Fsp3) is 0.348. The van der Waals surface area contributed by atoms with Gasteiger partial charge in [0.15, 0.2) is 5.13 Å². The SMILES string of the molecule is CC(=O)N1c2ccc(S(=O)(=O)N(C)CC(=O)Nc3nc4cc(C)c(C)cc4s3)cc2C[C@H]1C. The monoisotopic (exact) mass is 486 g/mol. The van der Waals surface area contributed by atoms with E-state index in [2.05, 4.69) is 10.3 Å². The zero-order valence-corrected chi connectivity index (χ0v) is 20.8. The summed E-state index contributed by atoms with van der Waals surface area (Å²) < 4.78 is 28.2. The maximum absolute atomic E-state index is 13.1. The summed E-state index contributed by atoms with van der Waals surface area (Å²) in [6, 6.07) is 8.70. The van der Waals surface area contributed by atoms with Crippen LogP contribution in [0, 0.1) is 13.8 Å². The van der Waals surface area contributed by atoms with Crippen molar-refractivity contribution in [3.63, 3.8) is 0 Å². The second kappa shape index (κ2) is 8.51. The van der Waals surface area contributed by atoms with E-state index in [0.717, 1.165) is 36.9 Å². The molecule has 1 aliphatic rings. The van der Waals surface area contributed by atoms with Crippen molar-refractivity contribution >= 4 is 54.2 Å². The number of aromatic nitrogens is 1. The van der Waals surface area contributed by atoms with Crippen LogP contribution >= 0.6 is 11.3 Å². The van der Waals surface area contributed by atoms with Crippen molar-refractivity contribution < 1.29 is 18.0 Å². The molecular weight excluding hydrogens is 460 g/mol. The number of aryl methyl sites for hydroxylation is 2. The second-order valence-corrected chi connectivity index (χ2v) is 11.5. The molecule has 0 radical (unpaired) electrons. The number of anilines is 2. The van der Waals surface area contributed by atoms with E-state index in [-0.39, 0.29) is 23.4 Å². The van der Waals surface area contributed by atoms with Gasteiger partial charge in [-0.25, -0.2) is 13.4 Å². The van der Waals surface area contributed by atoms with E-state index in [9.17, 15) is 18.0 Å². The van der Waals surface area contributed by atoms with Crippen LogP contribution in [0.4, 0.5) is 10.8 Å². The first kappa shape index (κ1) is 23.3. The summed E-state index contributed by atoms with van der Waals surface area (Å²) in [4.78, 5) is 30.7. The molecule has 0 unspecified atom stereocenters. The maximum Gasteiger partial charge on any atom is 0.243 e. The summed E-state index contributed by atoms with van der Waals surface area (Å²) in [5.41, 5.74) is 4.59. The summed E-state index contributed by atoms with van der Waals surface area (Å²) in [6.07, 6.45) is 0.582. The zero-order valence-electron chi connectivity index (χ0n) is 19.2. The van der Waals surface area contributed by atoms with Gasteiger partial charge in [-0.3, -0.25) is 9.59 Å². The molecule has 1 aliphatic heterocycles. The highest BCUT2D eigenvalue weighted by molar-refractivity contribution is 7.89. The average molecular weight is 487 g/mol. The number of thiazole rings is 1. The Morgan fingerprint density at radius 1 is 1.21 bits per heavy atom. The molecule has 2 amide bonds. The van der Waals surface area contributed by atoms with Gasteiger partial charge < -0.3 is 10.2 Å². The van der Waals surface area contributed by atoms with Gasteiger partial charge in [-0.05, 0) is 74.2 Å². The number of benzene rings is 2. The Morgan fingerprint density at radius 2 is 1.91 bits per heavy atom. The Kier molecular flexibility index (Phi) is 6.02. The average Bonchev–Trinajstić information content (AvgIpc) is 3.25. The number of rotatable bonds is 5. The minimum Gasteiger partial charge on any atom is -0.309 e. The van der Waals surface area contributed by atoms with Crippen molar-refractivity contribution in [3.8, 4) is 0 Å². The van der Waals surface area contributed by atoms with Crippen molar-refractivity contribution in [2.45, 2.75) is 45.1 Å². The maximum atomic E-state index is 13.1. The Labute approximate surface area is 197 Å². The van der Waals surface area contributed by atoms with Crippen molar-refractivity contribution in [1.29, 1.82) is 0 Å². The lowest BCUT2D eigenvalue weighted by atomic mass is 10.1. The fourth-order valence-electron chi connectivity index (χ4n) is 4.11. The van der Waals surface area contributed by atoms with E-state index >= 15 is 0 Å². The number of nitrogens with zero attached hydrogens (tertiary/aromatic N) is 3. The van der Waals surface area contributed by atoms with E-state index in [1.807, 2.05) is 32.9 Å². The molecule has 0 aliphatic carbocycles. The van der Waals surface area contributed by atoms with Crippen LogP contribution in [-0.2, 0) is 26.0 Å². The van der Waals surface area contributed by atoms with Gasteiger partial charge in [-0.15, -0.1) is 0 Å². The van der Waals surface area contributed by atoms with Crippen LogP contribution in [0.1, 0.15) is 30.5 Å². The molecule has 3 aromatic rings. The van der Waals surface area contributed by atoms with Crippen LogP contribution in [0.2, 0.25) is 0 Å². The summed E-state index contributed by atoms with van der Waals surface area (Å²) >= 11 is 1.35. The number of likely N-dealkylation sites (N-methyl/N-ethyl adjacent to an activating group) is 1. The first-order valence-electron chi connectivity index (χ1n) is 10.5. The minimum absolute atomic E-state index is 0.0275. The molecule has 0 saturated carbocycles. The quantitative estimate of drug-likeness (QED) is 0.595. The molecule has 33 heavy (non-hydrogen) atoms. The molecule has 2 heterocycles. The third-order valence-corrected chi connectivity index (χ3v) is 8.66. The van der Waals surface area contributed by atoms with Gasteiger partial charge in [0.1, 0.15) is 0 Å². The summed E-state index contributed by atoms with van der Waals surface area (Å²) in [7, 11) is -2.51. The highest BCUT2D eigenvalue weighted by Gasteiger charge is 2.31. The standard InChI is InChI=1S/C23H26N4O4S2/c1-13-8-19-21(9-14(13)2)32-23(24-19)25-22(29)12-26(5)33(30,31)18-6-7-20-17(11-18)10-15(3)27(20)16(4)28/h6-9,11,15H,10,12H2,1-5H3,(H,24,25,29)/t15-/m1/s1. The zero-order chi connectivity index (χ0) is 24.1. The van der Waals surface area contributed by atoms with Gasteiger partial charge in [0.05, 0.1) is 21.7 Å². The molecule has 0 fully saturated rings. The van der Waals surface area contributed by atoms with E-state index < -0.39 is 15.9 Å². The van der Waals surface area contributed by atoms with Gasteiger partial charge in [-0.1, -0.05) is 11.3 Å². The Hall–Kier alpha value is -2.82. The van der Waals surface area contributed by atoms with E-state index in [1.165, 1.54) is 31.4 Å². The third-order valence-electron chi connectivity index (χ3n) is 5.93. The van der Waals surface area contributed by atoms with E-state index in [0.29, 0.717) is 11.6 Å². The van der Waals surface area contributed by atoms with E-state index in [1.54, 1.807) is 17.0 Å². The number of carbonyl (C=O) groups excluding carboxylic acids is 2. The van der Waals surface area contributed by atoms with Crippen LogP contribution in [0.3, 0.4) is 0 Å². The lowest BCUT2D eigenvalue weighted by Gasteiger charge is -2.21. The molecule has 0 saturated heterocycles. The molecule has 1 atom stereocenters. The minimum atomic E-state index is -3.89. The molecular formula is C23H26N4O4S2. The molecule has 2 aromatic carbocycles. The van der Waals surface area contributed by atoms with Crippen LogP contribution in [0.5, 0.6) is 0 Å². The second-order valence-electron chi connectivity index (χ2n) is 8.47.